The van der Waals surface area contributed by atoms with E-state index in [2.05, 4.69) is 15.1 Å². The van der Waals surface area contributed by atoms with Crippen molar-refractivity contribution < 1.29 is 9.13 Å². The van der Waals surface area contributed by atoms with Gasteiger partial charge in [0.05, 0.1) is 5.92 Å². The SMILES string of the molecule is CCc1cc(OCC(C)N(C)C)c(F)c(C(Cc2ccc(C(=N)N)cc2)c2nn(-c3ccccn3)c(=O)[nH]2)c1. The summed E-state index contributed by atoms with van der Waals surface area (Å²) in [4.78, 5) is 22.0. The Morgan fingerprint density at radius 1 is 1.18 bits per heavy atom. The van der Waals surface area contributed by atoms with Crippen LogP contribution in [0.2, 0.25) is 0 Å². The summed E-state index contributed by atoms with van der Waals surface area (Å²) < 4.78 is 23.3. The summed E-state index contributed by atoms with van der Waals surface area (Å²) in [5, 5.41) is 12.2. The molecule has 0 amide bonds. The maximum absolute atomic E-state index is 16.2. The molecule has 2 atom stereocenters. The Morgan fingerprint density at radius 3 is 2.54 bits per heavy atom. The van der Waals surface area contributed by atoms with Gasteiger partial charge in [-0.2, -0.15) is 4.68 Å². The van der Waals surface area contributed by atoms with Gasteiger partial charge in [0, 0.05) is 23.4 Å². The molecule has 10 heteroatoms. The van der Waals surface area contributed by atoms with Crippen molar-refractivity contribution in [2.24, 2.45) is 5.73 Å². The predicted octanol–water partition coefficient (Wildman–Crippen LogP) is 3.64. The number of rotatable bonds is 11. The number of hydrogen-bond donors (Lipinski definition) is 3. The van der Waals surface area contributed by atoms with Crippen LogP contribution in [0.5, 0.6) is 5.75 Å². The number of nitrogen functional groups attached to an aromatic ring is 1. The van der Waals surface area contributed by atoms with E-state index in [9.17, 15) is 4.79 Å². The number of ether oxygens (including phenoxy) is 1. The van der Waals surface area contributed by atoms with Crippen LogP contribution in [0.15, 0.2) is 65.6 Å². The van der Waals surface area contributed by atoms with E-state index in [1.165, 1.54) is 4.68 Å². The Kier molecular flexibility index (Phi) is 8.55. The number of amidine groups is 1. The summed E-state index contributed by atoms with van der Waals surface area (Å²) in [6.07, 6.45) is 2.59. The van der Waals surface area contributed by atoms with Crippen molar-refractivity contribution >= 4 is 5.84 Å². The van der Waals surface area contributed by atoms with E-state index in [1.54, 1.807) is 42.6 Å². The first kappa shape index (κ1) is 27.7. The highest BCUT2D eigenvalue weighted by Gasteiger charge is 2.27. The molecule has 0 aliphatic rings. The van der Waals surface area contributed by atoms with E-state index in [4.69, 9.17) is 15.9 Å². The highest BCUT2D eigenvalue weighted by Crippen LogP contribution is 2.34. The van der Waals surface area contributed by atoms with E-state index in [1.807, 2.05) is 51.0 Å². The third-order valence-corrected chi connectivity index (χ3v) is 6.81. The molecule has 4 N–H and O–H groups in total. The van der Waals surface area contributed by atoms with E-state index >= 15 is 4.39 Å². The number of aromatic amines is 1. The van der Waals surface area contributed by atoms with E-state index in [-0.39, 0.29) is 17.6 Å². The predicted molar refractivity (Wildman–Crippen MR) is 149 cm³/mol. The number of aromatic nitrogens is 4. The molecule has 4 aromatic rings. The number of hydrogen-bond acceptors (Lipinski definition) is 6. The number of likely N-dealkylation sites (N-methyl/N-ethyl adjacent to an activating group) is 1. The van der Waals surface area contributed by atoms with Crippen LogP contribution >= 0.6 is 0 Å². The van der Waals surface area contributed by atoms with Crippen LogP contribution in [0.25, 0.3) is 5.82 Å². The summed E-state index contributed by atoms with van der Waals surface area (Å²) in [5.74, 6) is -0.323. The molecule has 0 saturated heterocycles. The molecule has 2 aromatic carbocycles. The maximum Gasteiger partial charge on any atom is 0.349 e. The van der Waals surface area contributed by atoms with Gasteiger partial charge >= 0.3 is 5.69 Å². The second-order valence-corrected chi connectivity index (χ2v) is 9.76. The topological polar surface area (TPSA) is 126 Å². The summed E-state index contributed by atoms with van der Waals surface area (Å²) >= 11 is 0. The fourth-order valence-electron chi connectivity index (χ4n) is 4.14. The molecule has 204 valence electrons. The fourth-order valence-corrected chi connectivity index (χ4v) is 4.14. The van der Waals surface area contributed by atoms with Gasteiger partial charge in [0.1, 0.15) is 18.3 Å². The van der Waals surface area contributed by atoms with Gasteiger partial charge in [-0.3, -0.25) is 10.4 Å². The van der Waals surface area contributed by atoms with E-state index < -0.39 is 17.4 Å². The zero-order chi connectivity index (χ0) is 28.1. The molecule has 0 bridgehead atoms. The average Bonchev–Trinajstić information content (AvgIpc) is 3.32. The third kappa shape index (κ3) is 6.40. The molecule has 39 heavy (non-hydrogen) atoms. The molecule has 0 radical (unpaired) electrons. The Balaban J connectivity index is 1.81. The molecule has 0 aliphatic heterocycles. The minimum absolute atomic E-state index is 0.0352. The lowest BCUT2D eigenvalue weighted by Crippen LogP contribution is -2.30. The van der Waals surface area contributed by atoms with Crippen LogP contribution in [-0.2, 0) is 12.8 Å². The monoisotopic (exact) mass is 531 g/mol. The van der Waals surface area contributed by atoms with Gasteiger partial charge in [0.15, 0.2) is 17.4 Å². The molecule has 2 unspecified atom stereocenters. The van der Waals surface area contributed by atoms with Crippen molar-refractivity contribution in [3.8, 4) is 11.6 Å². The first-order chi connectivity index (χ1) is 18.7. The molecule has 0 aliphatic carbocycles. The summed E-state index contributed by atoms with van der Waals surface area (Å²) in [6.45, 7) is 4.32. The van der Waals surface area contributed by atoms with Gasteiger partial charge in [0.2, 0.25) is 0 Å². The number of nitrogens with one attached hydrogen (secondary N) is 2. The summed E-state index contributed by atoms with van der Waals surface area (Å²) in [7, 11) is 3.89. The zero-order valence-corrected chi connectivity index (χ0v) is 22.6. The molecule has 2 aromatic heterocycles. The lowest BCUT2D eigenvalue weighted by Gasteiger charge is -2.22. The summed E-state index contributed by atoms with van der Waals surface area (Å²) in [5.41, 5.74) is 7.88. The number of nitrogens with zero attached hydrogens (tertiary/aromatic N) is 4. The molecule has 0 spiro atoms. The molecule has 0 saturated carbocycles. The van der Waals surface area contributed by atoms with Crippen LogP contribution < -0.4 is 16.2 Å². The molecule has 4 rings (SSSR count). The second-order valence-electron chi connectivity index (χ2n) is 9.76. The standard InChI is InChI=1S/C29H34FN7O2/c1-5-19-14-22(26(30)24(16-19)39-17-18(2)36(3)4)23(15-20-9-11-21(12-10-20)27(31)32)28-34-29(38)37(35-28)25-8-6-7-13-33-25/h6-14,16,18,23H,5,15,17H2,1-4H3,(H3,31,32)(H,34,35,38). The maximum atomic E-state index is 16.2. The summed E-state index contributed by atoms with van der Waals surface area (Å²) in [6, 6.07) is 16.0. The largest absolute Gasteiger partial charge is 0.489 e. The van der Waals surface area contributed by atoms with Crippen molar-refractivity contribution in [2.75, 3.05) is 20.7 Å². The molecule has 9 nitrogen and oxygen atoms in total. The van der Waals surface area contributed by atoms with Crippen molar-refractivity contribution in [3.63, 3.8) is 0 Å². The number of halogens is 1. The highest BCUT2D eigenvalue weighted by atomic mass is 19.1. The molecule has 0 fully saturated rings. The van der Waals surface area contributed by atoms with Crippen LogP contribution in [-0.4, -0.2) is 57.2 Å². The van der Waals surface area contributed by atoms with Gasteiger partial charge in [-0.25, -0.2) is 14.2 Å². The minimum Gasteiger partial charge on any atom is -0.489 e. The van der Waals surface area contributed by atoms with Gasteiger partial charge < -0.3 is 15.4 Å². The lowest BCUT2D eigenvalue weighted by atomic mass is 9.89. The molecular formula is C29H34FN7O2. The molecule has 2 heterocycles. The number of aryl methyl sites for hydroxylation is 1. The second kappa shape index (κ2) is 12.0. The minimum atomic E-state index is -0.633. The van der Waals surface area contributed by atoms with Crippen molar-refractivity contribution in [1.82, 2.24) is 24.6 Å². The number of pyridine rings is 1. The first-order valence-electron chi connectivity index (χ1n) is 12.8. The Hall–Kier alpha value is -4.31. The van der Waals surface area contributed by atoms with Crippen LogP contribution in [0.3, 0.4) is 0 Å². The molecular weight excluding hydrogens is 497 g/mol. The highest BCUT2D eigenvalue weighted by molar-refractivity contribution is 5.94. The van der Waals surface area contributed by atoms with E-state index in [0.717, 1.165) is 11.1 Å². The van der Waals surface area contributed by atoms with Crippen molar-refractivity contribution in [1.29, 1.82) is 5.41 Å². The Bertz CT molecular complexity index is 1480. The van der Waals surface area contributed by atoms with Gasteiger partial charge in [-0.1, -0.05) is 43.3 Å². The van der Waals surface area contributed by atoms with Gasteiger partial charge in [0.25, 0.3) is 0 Å². The average molecular weight is 532 g/mol. The van der Waals surface area contributed by atoms with Crippen LogP contribution in [0.1, 0.15) is 47.8 Å². The van der Waals surface area contributed by atoms with Crippen molar-refractivity contribution in [3.05, 3.63) is 105 Å². The quantitative estimate of drug-likeness (QED) is 0.200. The lowest BCUT2D eigenvalue weighted by molar-refractivity contribution is 0.192. The first-order valence-corrected chi connectivity index (χ1v) is 12.8. The van der Waals surface area contributed by atoms with Crippen LogP contribution in [0, 0.1) is 11.2 Å². The number of benzene rings is 2. The number of nitrogens with two attached hydrogens (primary N) is 1. The van der Waals surface area contributed by atoms with Crippen molar-refractivity contribution in [2.45, 2.75) is 38.6 Å². The normalized spacial score (nSPS) is 12.9. The van der Waals surface area contributed by atoms with Gasteiger partial charge in [-0.15, -0.1) is 5.10 Å². The zero-order valence-electron chi connectivity index (χ0n) is 22.6. The third-order valence-electron chi connectivity index (χ3n) is 6.81. The van der Waals surface area contributed by atoms with Crippen LogP contribution in [0.4, 0.5) is 4.39 Å². The Morgan fingerprint density at radius 2 is 1.92 bits per heavy atom. The number of H-pyrrole nitrogens is 1. The smallest absolute Gasteiger partial charge is 0.349 e. The van der Waals surface area contributed by atoms with Gasteiger partial charge in [-0.05, 0) is 63.2 Å². The Labute approximate surface area is 227 Å². The fraction of sp³-hybridized carbons (Fsp3) is 0.310. The van der Waals surface area contributed by atoms with E-state index in [0.29, 0.717) is 42.2 Å².